The van der Waals surface area contributed by atoms with Gasteiger partial charge in [0.25, 0.3) is 0 Å². The summed E-state index contributed by atoms with van der Waals surface area (Å²) in [5.41, 5.74) is -4.79. The quantitative estimate of drug-likeness (QED) is 0.505. The first-order valence-corrected chi connectivity index (χ1v) is 9.97. The highest BCUT2D eigenvalue weighted by Gasteiger charge is 2.83. The number of rotatable bonds is 4. The van der Waals surface area contributed by atoms with Gasteiger partial charge in [-0.3, -0.25) is 0 Å². The maximum Gasteiger partial charge on any atom is 0.419 e. The van der Waals surface area contributed by atoms with Crippen LogP contribution in [-0.4, -0.2) is 40.6 Å². The summed E-state index contributed by atoms with van der Waals surface area (Å²) in [6, 6.07) is 0.143. The van der Waals surface area contributed by atoms with Crippen LogP contribution in [0.4, 0.5) is 26.3 Å². The molecule has 5 rings (SSSR count). The minimum absolute atomic E-state index is 0.0618. The Bertz CT molecular complexity index is 826. The highest BCUT2D eigenvalue weighted by Crippen LogP contribution is 2.82. The summed E-state index contributed by atoms with van der Waals surface area (Å²) in [6.45, 7) is 1.75. The zero-order valence-corrected chi connectivity index (χ0v) is 16.8. The van der Waals surface area contributed by atoms with Crippen LogP contribution in [-0.2, 0) is 6.18 Å². The summed E-state index contributed by atoms with van der Waals surface area (Å²) < 4.78 is 83.9. The van der Waals surface area contributed by atoms with E-state index >= 15 is 0 Å². The van der Waals surface area contributed by atoms with E-state index in [1.165, 1.54) is 0 Å². The van der Waals surface area contributed by atoms with Crippen molar-refractivity contribution < 1.29 is 36.2 Å². The Balaban J connectivity index is 1.42. The van der Waals surface area contributed by atoms with Crippen molar-refractivity contribution in [1.82, 2.24) is 10.3 Å². The normalized spacial score (nSPS) is 38.6. The molecule has 0 radical (unpaired) electrons. The van der Waals surface area contributed by atoms with Gasteiger partial charge in [-0.25, -0.2) is 4.98 Å². The molecule has 3 atom stereocenters. The summed E-state index contributed by atoms with van der Waals surface area (Å²) in [4.78, 5) is 3.50. The lowest BCUT2D eigenvalue weighted by Crippen LogP contribution is -2.78. The van der Waals surface area contributed by atoms with Crippen LogP contribution < -0.4 is 10.1 Å². The number of halogens is 7. The van der Waals surface area contributed by atoms with Gasteiger partial charge >= 0.3 is 12.4 Å². The molecule has 11 heteroatoms. The monoisotopic (exact) mass is 458 g/mol. The third-order valence-corrected chi connectivity index (χ3v) is 7.24. The largest absolute Gasteiger partial charge is 0.490 e. The number of nitrogens with one attached hydrogen (secondary N) is 1. The molecule has 1 aromatic heterocycles. The third kappa shape index (κ3) is 3.35. The van der Waals surface area contributed by atoms with Crippen molar-refractivity contribution >= 4 is 11.6 Å². The van der Waals surface area contributed by atoms with Gasteiger partial charge in [-0.15, -0.1) is 0 Å². The van der Waals surface area contributed by atoms with Gasteiger partial charge in [-0.1, -0.05) is 11.6 Å². The molecule has 2 N–H and O–H groups in total. The number of piperidine rings is 1. The molecule has 4 aliphatic rings. The molecule has 168 valence electrons. The average Bonchev–Trinajstić information content (AvgIpc) is 2.47. The summed E-state index contributed by atoms with van der Waals surface area (Å²) in [7, 11) is 0. The van der Waals surface area contributed by atoms with Crippen molar-refractivity contribution in [3.63, 3.8) is 0 Å². The van der Waals surface area contributed by atoms with Gasteiger partial charge in [0.2, 0.25) is 0 Å². The van der Waals surface area contributed by atoms with Crippen molar-refractivity contribution in [3.8, 4) is 5.75 Å². The fourth-order valence-corrected chi connectivity index (χ4v) is 5.75. The van der Waals surface area contributed by atoms with Gasteiger partial charge in [-0.2, -0.15) is 26.3 Å². The van der Waals surface area contributed by atoms with Crippen LogP contribution >= 0.6 is 11.6 Å². The molecule has 0 spiro atoms. The maximum absolute atomic E-state index is 13.2. The number of hydrogen-bond acceptors (Lipinski definition) is 4. The molecule has 3 saturated carbocycles. The van der Waals surface area contributed by atoms with Crippen LogP contribution in [0.3, 0.4) is 0 Å². The average molecular weight is 459 g/mol. The lowest BCUT2D eigenvalue weighted by atomic mass is 9.29. The summed E-state index contributed by atoms with van der Waals surface area (Å²) >= 11 is 5.49. The Hall–Kier alpha value is -1.26. The maximum atomic E-state index is 13.2. The van der Waals surface area contributed by atoms with E-state index in [0.717, 1.165) is 12.3 Å². The van der Waals surface area contributed by atoms with Gasteiger partial charge < -0.3 is 15.2 Å². The second-order valence-corrected chi connectivity index (χ2v) is 9.47. The van der Waals surface area contributed by atoms with Crippen LogP contribution in [0.1, 0.15) is 44.6 Å². The first kappa shape index (κ1) is 22.0. The molecule has 1 aromatic rings. The molecule has 4 fully saturated rings. The van der Waals surface area contributed by atoms with Crippen molar-refractivity contribution in [2.24, 2.45) is 10.8 Å². The van der Waals surface area contributed by atoms with Crippen molar-refractivity contribution in [2.45, 2.75) is 69.1 Å². The van der Waals surface area contributed by atoms with Crippen LogP contribution in [0.15, 0.2) is 12.3 Å². The predicted molar refractivity (Wildman–Crippen MR) is 95.1 cm³/mol. The number of ether oxygens (including phenoxy) is 1. The van der Waals surface area contributed by atoms with Gasteiger partial charge in [0.05, 0.1) is 22.8 Å². The Kier molecular flexibility index (Phi) is 4.84. The van der Waals surface area contributed by atoms with Crippen molar-refractivity contribution in [3.05, 3.63) is 23.0 Å². The zero-order chi connectivity index (χ0) is 22.2. The van der Waals surface area contributed by atoms with E-state index in [1.807, 2.05) is 6.92 Å². The first-order valence-electron chi connectivity index (χ1n) is 9.59. The van der Waals surface area contributed by atoms with Gasteiger partial charge in [0.1, 0.15) is 17.5 Å². The predicted octanol–water partition coefficient (Wildman–Crippen LogP) is 4.74. The van der Waals surface area contributed by atoms with E-state index < -0.39 is 45.5 Å². The molecule has 2 bridgehead atoms. The molecule has 4 nitrogen and oxygen atoms in total. The number of pyridine rings is 1. The molecule has 30 heavy (non-hydrogen) atoms. The Morgan fingerprint density at radius 2 is 1.83 bits per heavy atom. The highest BCUT2D eigenvalue weighted by atomic mass is 35.5. The summed E-state index contributed by atoms with van der Waals surface area (Å²) in [5.74, 6) is -0.128. The molecule has 3 aliphatic carbocycles. The van der Waals surface area contributed by atoms with E-state index in [9.17, 15) is 31.4 Å². The Morgan fingerprint density at radius 3 is 2.40 bits per heavy atom. The SMILES string of the molecule is C[C@H]1C[C@@](O)(C23CC(C(F)(F)F)(C2)C3)C[C@@H](COc2cnc(Cl)c(C(F)(F)F)c2)N1. The topological polar surface area (TPSA) is 54.4 Å². The van der Waals surface area contributed by atoms with E-state index in [4.69, 9.17) is 16.3 Å². The standard InChI is InChI=1S/C19H21ClF6N2O2/c1-10-3-17(29,15-7-16(8-15,9-15)19(24,25)26)4-11(28-10)6-30-12-2-13(18(21,22)23)14(20)27-5-12/h2,5,10-11,28-29H,3-4,6-9H2,1H3/t10-,11-,15?,16?,17-/m0/s1. The Morgan fingerprint density at radius 1 is 1.20 bits per heavy atom. The Labute approximate surface area is 173 Å². The van der Waals surface area contributed by atoms with Crippen LogP contribution in [0.5, 0.6) is 5.75 Å². The van der Waals surface area contributed by atoms with Crippen molar-refractivity contribution in [1.29, 1.82) is 0 Å². The number of nitrogens with zero attached hydrogens (tertiary/aromatic N) is 1. The van der Waals surface area contributed by atoms with E-state index in [1.54, 1.807) is 0 Å². The van der Waals surface area contributed by atoms with E-state index in [2.05, 4.69) is 10.3 Å². The van der Waals surface area contributed by atoms with Crippen LogP contribution in [0.2, 0.25) is 5.15 Å². The smallest absolute Gasteiger partial charge is 0.419 e. The summed E-state index contributed by atoms with van der Waals surface area (Å²) in [5, 5.41) is 13.8. The number of aliphatic hydroxyl groups is 1. The fourth-order valence-electron chi connectivity index (χ4n) is 5.54. The second-order valence-electron chi connectivity index (χ2n) is 9.11. The number of hydrogen-bond donors (Lipinski definition) is 2. The number of alkyl halides is 6. The first-order chi connectivity index (χ1) is 13.7. The molecule has 1 aliphatic heterocycles. The van der Waals surface area contributed by atoms with Crippen molar-refractivity contribution in [2.75, 3.05) is 6.61 Å². The fraction of sp³-hybridized carbons (Fsp3) is 0.737. The molecular weight excluding hydrogens is 438 g/mol. The molecular formula is C19H21ClF6N2O2. The lowest BCUT2D eigenvalue weighted by molar-refractivity contribution is -0.403. The van der Waals surface area contributed by atoms with E-state index in [-0.39, 0.29) is 44.1 Å². The van der Waals surface area contributed by atoms with Gasteiger partial charge in [0.15, 0.2) is 0 Å². The second kappa shape index (κ2) is 6.62. The molecule has 0 unspecified atom stereocenters. The van der Waals surface area contributed by atoms with E-state index in [0.29, 0.717) is 6.42 Å². The summed E-state index contributed by atoms with van der Waals surface area (Å²) in [6.07, 6.45) is -7.60. The molecule has 0 aromatic carbocycles. The van der Waals surface area contributed by atoms with Gasteiger partial charge in [-0.05, 0) is 45.1 Å². The van der Waals surface area contributed by atoms with Crippen LogP contribution in [0, 0.1) is 10.8 Å². The number of aromatic nitrogens is 1. The minimum Gasteiger partial charge on any atom is -0.490 e. The lowest BCUT2D eigenvalue weighted by Gasteiger charge is -2.76. The van der Waals surface area contributed by atoms with Crippen LogP contribution in [0.25, 0.3) is 0 Å². The zero-order valence-electron chi connectivity index (χ0n) is 16.0. The molecule has 0 amide bonds. The minimum atomic E-state index is -4.68. The molecule has 1 saturated heterocycles. The van der Waals surface area contributed by atoms with Gasteiger partial charge in [0, 0.05) is 17.5 Å². The molecule has 2 heterocycles. The highest BCUT2D eigenvalue weighted by molar-refractivity contribution is 6.30. The third-order valence-electron chi connectivity index (χ3n) is 6.94.